The first-order chi connectivity index (χ1) is 15.5. The summed E-state index contributed by atoms with van der Waals surface area (Å²) in [6, 6.07) is 7.87. The molecule has 3 aromatic rings. The Hall–Kier alpha value is -2.34. The molecule has 4 rings (SSSR count). The maximum absolute atomic E-state index is 6.16. The van der Waals surface area contributed by atoms with Crippen molar-refractivity contribution in [1.29, 1.82) is 0 Å². The van der Waals surface area contributed by atoms with Crippen LogP contribution in [0.3, 0.4) is 0 Å². The van der Waals surface area contributed by atoms with Crippen LogP contribution in [0.15, 0.2) is 33.7 Å². The van der Waals surface area contributed by atoms with Crippen molar-refractivity contribution in [1.82, 2.24) is 25.4 Å². The molecule has 2 atom stereocenters. The van der Waals surface area contributed by atoms with Crippen LogP contribution >= 0.6 is 24.0 Å². The van der Waals surface area contributed by atoms with Gasteiger partial charge in [-0.3, -0.25) is 0 Å². The number of para-hydroxylation sites is 1. The van der Waals surface area contributed by atoms with E-state index < -0.39 is 0 Å². The number of aliphatic imine (C=N–C) groups is 1. The molecular weight excluding hydrogens is 535 g/mol. The highest BCUT2D eigenvalue weighted by molar-refractivity contribution is 14.0. The number of nitrogens with zero attached hydrogens (tertiary/aromatic N) is 4. The average molecular weight is 568 g/mol. The van der Waals surface area contributed by atoms with E-state index in [1.54, 1.807) is 0 Å². The molecular formula is C23H33IN6O3. The molecule has 0 spiro atoms. The lowest BCUT2D eigenvalue weighted by molar-refractivity contribution is 0.113. The zero-order valence-corrected chi connectivity index (χ0v) is 22.0. The number of aryl methyl sites for hydroxylation is 1. The molecule has 1 fully saturated rings. The highest BCUT2D eigenvalue weighted by Crippen LogP contribution is 2.31. The third kappa shape index (κ3) is 6.17. The number of nitrogens with one attached hydrogen (secondary N) is 2. The fourth-order valence-electron chi connectivity index (χ4n) is 3.72. The van der Waals surface area contributed by atoms with Gasteiger partial charge in [-0.2, -0.15) is 0 Å². The Kier molecular flexibility index (Phi) is 8.95. The van der Waals surface area contributed by atoms with Crippen LogP contribution in [0, 0.1) is 6.92 Å². The number of rotatable bonds is 8. The second kappa shape index (κ2) is 11.7. The van der Waals surface area contributed by atoms with Crippen LogP contribution in [0.5, 0.6) is 5.75 Å². The fraction of sp³-hybridized carbons (Fsp3) is 0.522. The fourth-order valence-corrected chi connectivity index (χ4v) is 3.72. The highest BCUT2D eigenvalue weighted by atomic mass is 127. The Balaban J connectivity index is 0.00000306. The van der Waals surface area contributed by atoms with Crippen molar-refractivity contribution < 1.29 is 13.9 Å². The van der Waals surface area contributed by atoms with Crippen LogP contribution in [0.2, 0.25) is 0 Å². The molecule has 3 heterocycles. The molecule has 0 amide bonds. The monoisotopic (exact) mass is 568 g/mol. The Labute approximate surface area is 211 Å². The number of guanidine groups is 1. The van der Waals surface area contributed by atoms with Gasteiger partial charge in [-0.05, 0) is 45.7 Å². The summed E-state index contributed by atoms with van der Waals surface area (Å²) in [4.78, 5) is 4.74. The third-order valence-corrected chi connectivity index (χ3v) is 5.69. The molecule has 0 bridgehead atoms. The van der Waals surface area contributed by atoms with Gasteiger partial charge in [0.05, 0.1) is 18.8 Å². The van der Waals surface area contributed by atoms with Crippen molar-refractivity contribution in [3.05, 3.63) is 41.7 Å². The summed E-state index contributed by atoms with van der Waals surface area (Å²) in [6.07, 6.45) is 2.36. The molecule has 1 aliphatic heterocycles. The van der Waals surface area contributed by atoms with Gasteiger partial charge in [0.15, 0.2) is 23.1 Å². The molecule has 2 N–H and O–H groups in total. The van der Waals surface area contributed by atoms with Gasteiger partial charge >= 0.3 is 0 Å². The number of hydrogen-bond donors (Lipinski definition) is 2. The van der Waals surface area contributed by atoms with Gasteiger partial charge in [0.1, 0.15) is 18.1 Å². The summed E-state index contributed by atoms with van der Waals surface area (Å²) in [6.45, 7) is 8.47. The first kappa shape index (κ1) is 25.3. The molecule has 10 heteroatoms. The number of hydrogen-bond acceptors (Lipinski definition) is 6. The summed E-state index contributed by atoms with van der Waals surface area (Å²) in [5.74, 6) is 3.91. The van der Waals surface area contributed by atoms with E-state index >= 15 is 0 Å². The Morgan fingerprint density at radius 3 is 2.91 bits per heavy atom. The van der Waals surface area contributed by atoms with Crippen LogP contribution < -0.4 is 15.4 Å². The van der Waals surface area contributed by atoms with Gasteiger partial charge in [-0.25, -0.2) is 4.99 Å². The maximum atomic E-state index is 6.16. The zero-order valence-electron chi connectivity index (χ0n) is 19.6. The molecule has 180 valence electrons. The molecule has 0 radical (unpaired) electrons. The highest BCUT2D eigenvalue weighted by Gasteiger charge is 2.19. The van der Waals surface area contributed by atoms with E-state index in [9.17, 15) is 0 Å². The lowest BCUT2D eigenvalue weighted by Gasteiger charge is -2.18. The topological polar surface area (TPSA) is 98.7 Å². The molecule has 1 saturated heterocycles. The molecule has 0 aliphatic carbocycles. The van der Waals surface area contributed by atoms with Gasteiger partial charge in [0, 0.05) is 25.6 Å². The largest absolute Gasteiger partial charge is 0.490 e. The summed E-state index contributed by atoms with van der Waals surface area (Å²) in [7, 11) is 1.94. The lowest BCUT2D eigenvalue weighted by atomic mass is 10.2. The van der Waals surface area contributed by atoms with Crippen molar-refractivity contribution >= 4 is 40.9 Å². The predicted molar refractivity (Wildman–Crippen MR) is 138 cm³/mol. The van der Waals surface area contributed by atoms with Crippen LogP contribution in [0.4, 0.5) is 0 Å². The predicted octanol–water partition coefficient (Wildman–Crippen LogP) is 3.86. The molecule has 2 unspecified atom stereocenters. The van der Waals surface area contributed by atoms with E-state index in [0.717, 1.165) is 53.6 Å². The van der Waals surface area contributed by atoms with Gasteiger partial charge in [-0.15, -0.1) is 34.2 Å². The maximum Gasteiger partial charge on any atom is 0.192 e. The second-order valence-corrected chi connectivity index (χ2v) is 8.03. The molecule has 1 aliphatic rings. The van der Waals surface area contributed by atoms with E-state index in [4.69, 9.17) is 18.9 Å². The lowest BCUT2D eigenvalue weighted by Crippen LogP contribution is -2.42. The van der Waals surface area contributed by atoms with Crippen LogP contribution in [0.1, 0.15) is 50.1 Å². The summed E-state index contributed by atoms with van der Waals surface area (Å²) >= 11 is 0. The van der Waals surface area contributed by atoms with E-state index in [0.29, 0.717) is 25.7 Å². The number of fused-ring (bicyclic) bond motifs is 1. The number of ether oxygens (including phenoxy) is 2. The standard InChI is InChI=1S/C23H32N6O3.HI/c1-5-30-19-10-6-8-17-12-20(32-22(17)19)15(2)26-23(24-13-18-9-7-11-31-18)25-14-21-28-27-16(3)29(21)4;/h6,8,10,12,15,18H,5,7,9,11,13-14H2,1-4H3,(H2,24,25,26);1H. The molecule has 9 nitrogen and oxygen atoms in total. The zero-order chi connectivity index (χ0) is 22.5. The van der Waals surface area contributed by atoms with Crippen LogP contribution in [-0.4, -0.2) is 46.6 Å². The number of halogens is 1. The van der Waals surface area contributed by atoms with Crippen LogP contribution in [0.25, 0.3) is 11.0 Å². The Morgan fingerprint density at radius 2 is 2.21 bits per heavy atom. The Morgan fingerprint density at radius 1 is 1.36 bits per heavy atom. The van der Waals surface area contributed by atoms with Gasteiger partial charge < -0.3 is 29.1 Å². The van der Waals surface area contributed by atoms with Crippen molar-refractivity contribution in [2.45, 2.75) is 52.3 Å². The first-order valence-corrected chi connectivity index (χ1v) is 11.2. The van der Waals surface area contributed by atoms with E-state index in [1.165, 1.54) is 0 Å². The molecule has 1 aromatic carbocycles. The molecule has 2 aromatic heterocycles. The number of aromatic nitrogens is 3. The average Bonchev–Trinajstić information content (AvgIpc) is 3.52. The SMILES string of the molecule is CCOc1cccc2cc(C(C)NC(=NCc3nnc(C)n3C)NCC3CCCO3)oc12.I. The Bertz CT molecular complexity index is 1070. The minimum Gasteiger partial charge on any atom is -0.490 e. The van der Waals surface area contributed by atoms with Gasteiger partial charge in [0.2, 0.25) is 0 Å². The summed E-state index contributed by atoms with van der Waals surface area (Å²) in [5.41, 5.74) is 0.762. The van der Waals surface area contributed by atoms with Crippen molar-refractivity contribution in [3.63, 3.8) is 0 Å². The minimum atomic E-state index is -0.103. The van der Waals surface area contributed by atoms with Gasteiger partial charge in [-0.1, -0.05) is 12.1 Å². The molecule has 0 saturated carbocycles. The van der Waals surface area contributed by atoms with Crippen molar-refractivity contribution in [2.75, 3.05) is 19.8 Å². The van der Waals surface area contributed by atoms with Gasteiger partial charge in [0.25, 0.3) is 0 Å². The van der Waals surface area contributed by atoms with Crippen LogP contribution in [-0.2, 0) is 18.3 Å². The van der Waals surface area contributed by atoms with E-state index in [1.807, 2.05) is 56.7 Å². The molecule has 33 heavy (non-hydrogen) atoms. The van der Waals surface area contributed by atoms with Crippen molar-refractivity contribution in [2.24, 2.45) is 12.0 Å². The minimum absolute atomic E-state index is 0. The number of benzene rings is 1. The van der Waals surface area contributed by atoms with Crippen molar-refractivity contribution in [3.8, 4) is 5.75 Å². The second-order valence-electron chi connectivity index (χ2n) is 8.03. The summed E-state index contributed by atoms with van der Waals surface area (Å²) in [5, 5.41) is 16.2. The normalized spacial score (nSPS) is 17.1. The smallest absolute Gasteiger partial charge is 0.192 e. The number of furan rings is 1. The summed E-state index contributed by atoms with van der Waals surface area (Å²) < 4.78 is 19.6. The first-order valence-electron chi connectivity index (χ1n) is 11.2. The van der Waals surface area contributed by atoms with E-state index in [2.05, 4.69) is 20.8 Å². The quantitative estimate of drug-likeness (QED) is 0.242. The van der Waals surface area contributed by atoms with E-state index in [-0.39, 0.29) is 36.1 Å². The third-order valence-electron chi connectivity index (χ3n) is 5.69.